The molecule has 3 aromatic rings. The number of carbonyl (C=O) groups is 1. The lowest BCUT2D eigenvalue weighted by Crippen LogP contribution is -2.34. The quantitative estimate of drug-likeness (QED) is 0.772. The van der Waals surface area contributed by atoms with Crippen molar-refractivity contribution in [1.29, 1.82) is 0 Å². The second kappa shape index (κ2) is 6.70. The fourth-order valence-electron chi connectivity index (χ4n) is 2.79. The lowest BCUT2D eigenvalue weighted by atomic mass is 10.1. The van der Waals surface area contributed by atoms with E-state index in [-0.39, 0.29) is 11.9 Å². The van der Waals surface area contributed by atoms with Gasteiger partial charge in [-0.1, -0.05) is 0 Å². The van der Waals surface area contributed by atoms with Crippen molar-refractivity contribution in [3.05, 3.63) is 45.9 Å². The Morgan fingerprint density at radius 3 is 2.92 bits per heavy atom. The molecule has 1 N–H and O–H groups in total. The first-order valence-corrected chi connectivity index (χ1v) is 8.67. The van der Waals surface area contributed by atoms with Crippen LogP contribution in [0.25, 0.3) is 11.0 Å². The van der Waals surface area contributed by atoms with Crippen molar-refractivity contribution in [3.63, 3.8) is 0 Å². The van der Waals surface area contributed by atoms with Gasteiger partial charge in [-0.15, -0.1) is 0 Å². The summed E-state index contributed by atoms with van der Waals surface area (Å²) in [4.78, 5) is 19.0. The van der Waals surface area contributed by atoms with E-state index in [0.717, 1.165) is 16.7 Å². The van der Waals surface area contributed by atoms with Crippen LogP contribution in [0.3, 0.4) is 0 Å². The first-order chi connectivity index (χ1) is 11.5. The molecule has 1 atom stereocenters. The van der Waals surface area contributed by atoms with Gasteiger partial charge < -0.3 is 10.2 Å². The average molecular weight is 343 g/mol. The maximum absolute atomic E-state index is 12.5. The summed E-state index contributed by atoms with van der Waals surface area (Å²) >= 11 is 1.66. The normalized spacial score (nSPS) is 12.7. The molecule has 7 heteroatoms. The number of likely N-dealkylation sites (N-methyl/N-ethyl adjacent to an activating group) is 1. The molecule has 1 amide bonds. The Labute approximate surface area is 145 Å². The van der Waals surface area contributed by atoms with Crippen molar-refractivity contribution < 1.29 is 4.79 Å². The lowest BCUT2D eigenvalue weighted by molar-refractivity contribution is 0.0942. The molecule has 0 spiro atoms. The minimum atomic E-state index is -0.116. The molecule has 24 heavy (non-hydrogen) atoms. The van der Waals surface area contributed by atoms with E-state index in [4.69, 9.17) is 0 Å². The van der Waals surface area contributed by atoms with E-state index < -0.39 is 0 Å². The van der Waals surface area contributed by atoms with Crippen molar-refractivity contribution in [3.8, 4) is 0 Å². The van der Waals surface area contributed by atoms with E-state index in [1.165, 1.54) is 5.56 Å². The number of hydrogen-bond donors (Lipinski definition) is 1. The monoisotopic (exact) mass is 343 g/mol. The molecule has 0 unspecified atom stereocenters. The summed E-state index contributed by atoms with van der Waals surface area (Å²) < 4.78 is 1.73. The minimum Gasteiger partial charge on any atom is -0.350 e. The van der Waals surface area contributed by atoms with Crippen molar-refractivity contribution in [2.75, 3.05) is 20.6 Å². The van der Waals surface area contributed by atoms with Crippen LogP contribution in [-0.4, -0.2) is 46.2 Å². The standard InChI is InChI=1S/C17H21N5OS/c1-11-14-7-13(8-18-16(14)22(4)20-11)17(23)19-9-15(21(2)3)12-5-6-24-10-12/h5-8,10,15H,9H2,1-4H3,(H,19,23)/t15-/m1/s1. The number of amides is 1. The van der Waals surface area contributed by atoms with Crippen LogP contribution in [0.4, 0.5) is 0 Å². The van der Waals surface area contributed by atoms with Crippen LogP contribution in [0.2, 0.25) is 0 Å². The lowest BCUT2D eigenvalue weighted by Gasteiger charge is -2.24. The Morgan fingerprint density at radius 1 is 1.46 bits per heavy atom. The predicted molar refractivity (Wildman–Crippen MR) is 96.3 cm³/mol. The predicted octanol–water partition coefficient (Wildman–Crippen LogP) is 2.37. The first kappa shape index (κ1) is 16.6. The topological polar surface area (TPSA) is 63.1 Å². The van der Waals surface area contributed by atoms with Crippen molar-refractivity contribution >= 4 is 28.3 Å². The van der Waals surface area contributed by atoms with E-state index in [2.05, 4.69) is 37.1 Å². The SMILES string of the molecule is Cc1nn(C)c2ncc(C(=O)NC[C@H](c3ccsc3)N(C)C)cc12. The number of rotatable bonds is 5. The second-order valence-electron chi connectivity index (χ2n) is 6.05. The number of nitrogens with zero attached hydrogens (tertiary/aromatic N) is 4. The molecule has 0 fully saturated rings. The molecule has 6 nitrogen and oxygen atoms in total. The number of thiophene rings is 1. The number of nitrogens with one attached hydrogen (secondary N) is 1. The molecular formula is C17H21N5OS. The number of fused-ring (bicyclic) bond motifs is 1. The summed E-state index contributed by atoms with van der Waals surface area (Å²) in [6.45, 7) is 2.47. The Bertz CT molecular complexity index is 853. The van der Waals surface area contributed by atoms with Crippen LogP contribution in [0.1, 0.15) is 27.7 Å². The van der Waals surface area contributed by atoms with Gasteiger partial charge in [0.05, 0.1) is 17.3 Å². The second-order valence-corrected chi connectivity index (χ2v) is 6.83. The fourth-order valence-corrected chi connectivity index (χ4v) is 3.49. The zero-order valence-electron chi connectivity index (χ0n) is 14.3. The first-order valence-electron chi connectivity index (χ1n) is 7.73. The smallest absolute Gasteiger partial charge is 0.252 e. The highest BCUT2D eigenvalue weighted by Crippen LogP contribution is 2.20. The molecule has 126 valence electrons. The number of aryl methyl sites for hydroxylation is 2. The molecular weight excluding hydrogens is 322 g/mol. The molecule has 0 aromatic carbocycles. The Kier molecular flexibility index (Phi) is 4.64. The number of carbonyl (C=O) groups excluding carboxylic acids is 1. The Morgan fingerprint density at radius 2 is 2.25 bits per heavy atom. The molecule has 0 saturated carbocycles. The third-order valence-electron chi connectivity index (χ3n) is 4.13. The fraction of sp³-hybridized carbons (Fsp3) is 0.353. The van der Waals surface area contributed by atoms with Gasteiger partial charge in [0.1, 0.15) is 0 Å². The highest BCUT2D eigenvalue weighted by atomic mass is 32.1. The van der Waals surface area contributed by atoms with E-state index in [0.29, 0.717) is 12.1 Å². The Hall–Kier alpha value is -2.25. The molecule has 0 radical (unpaired) electrons. The third-order valence-corrected chi connectivity index (χ3v) is 4.83. The van der Waals surface area contributed by atoms with Gasteiger partial charge in [0.15, 0.2) is 5.65 Å². The van der Waals surface area contributed by atoms with Gasteiger partial charge in [0, 0.05) is 25.2 Å². The van der Waals surface area contributed by atoms with E-state index >= 15 is 0 Å². The Balaban J connectivity index is 1.76. The largest absolute Gasteiger partial charge is 0.350 e. The van der Waals surface area contributed by atoms with Gasteiger partial charge in [-0.05, 0) is 49.5 Å². The maximum atomic E-state index is 12.5. The summed E-state index contributed by atoms with van der Waals surface area (Å²) in [5, 5.41) is 12.4. The summed E-state index contributed by atoms with van der Waals surface area (Å²) in [6, 6.07) is 4.10. The zero-order valence-corrected chi connectivity index (χ0v) is 15.1. The minimum absolute atomic E-state index is 0.116. The number of hydrogen-bond acceptors (Lipinski definition) is 5. The maximum Gasteiger partial charge on any atom is 0.252 e. The van der Waals surface area contributed by atoms with Gasteiger partial charge in [-0.2, -0.15) is 16.4 Å². The molecule has 0 saturated heterocycles. The zero-order chi connectivity index (χ0) is 17.3. The van der Waals surface area contributed by atoms with Crippen molar-refractivity contribution in [2.24, 2.45) is 7.05 Å². The van der Waals surface area contributed by atoms with Gasteiger partial charge in [-0.25, -0.2) is 4.98 Å². The highest BCUT2D eigenvalue weighted by Gasteiger charge is 2.17. The molecule has 3 heterocycles. The van der Waals surface area contributed by atoms with Crippen LogP contribution in [-0.2, 0) is 7.05 Å². The van der Waals surface area contributed by atoms with Crippen molar-refractivity contribution in [1.82, 2.24) is 25.0 Å². The summed E-state index contributed by atoms with van der Waals surface area (Å²) in [7, 11) is 5.88. The summed E-state index contributed by atoms with van der Waals surface area (Å²) in [5.74, 6) is -0.116. The van der Waals surface area contributed by atoms with E-state index in [1.807, 2.05) is 34.1 Å². The van der Waals surface area contributed by atoms with Crippen LogP contribution in [0.15, 0.2) is 29.1 Å². The molecule has 0 bridgehead atoms. The molecule has 3 rings (SSSR count). The molecule has 0 aliphatic rings. The van der Waals surface area contributed by atoms with Crippen LogP contribution in [0, 0.1) is 6.92 Å². The summed E-state index contributed by atoms with van der Waals surface area (Å²) in [5.41, 5.74) is 3.43. The average Bonchev–Trinajstić information content (AvgIpc) is 3.16. The molecule has 0 aliphatic heterocycles. The van der Waals surface area contributed by atoms with Crippen LogP contribution in [0.5, 0.6) is 0 Å². The van der Waals surface area contributed by atoms with Gasteiger partial charge in [0.25, 0.3) is 5.91 Å². The van der Waals surface area contributed by atoms with Crippen LogP contribution >= 0.6 is 11.3 Å². The summed E-state index contributed by atoms with van der Waals surface area (Å²) in [6.07, 6.45) is 1.61. The third kappa shape index (κ3) is 3.18. The number of aromatic nitrogens is 3. The van der Waals surface area contributed by atoms with E-state index in [9.17, 15) is 4.79 Å². The number of pyridine rings is 1. The van der Waals surface area contributed by atoms with Crippen LogP contribution < -0.4 is 5.32 Å². The van der Waals surface area contributed by atoms with Gasteiger partial charge >= 0.3 is 0 Å². The van der Waals surface area contributed by atoms with Gasteiger partial charge in [0.2, 0.25) is 0 Å². The van der Waals surface area contributed by atoms with E-state index in [1.54, 1.807) is 22.2 Å². The van der Waals surface area contributed by atoms with Gasteiger partial charge in [-0.3, -0.25) is 9.48 Å². The highest BCUT2D eigenvalue weighted by molar-refractivity contribution is 7.07. The van der Waals surface area contributed by atoms with Crippen molar-refractivity contribution in [2.45, 2.75) is 13.0 Å². The molecule has 0 aliphatic carbocycles. The molecule has 3 aromatic heterocycles.